The van der Waals surface area contributed by atoms with Crippen molar-refractivity contribution in [3.05, 3.63) is 12.4 Å². The monoisotopic (exact) mass is 210 g/mol. The highest BCUT2D eigenvalue weighted by Gasteiger charge is 2.22. The molecule has 0 aromatic heterocycles. The van der Waals surface area contributed by atoms with E-state index in [2.05, 4.69) is 43.0 Å². The predicted molar refractivity (Wildman–Crippen MR) is 66.4 cm³/mol. The van der Waals surface area contributed by atoms with Crippen LogP contribution in [0.4, 0.5) is 0 Å². The summed E-state index contributed by atoms with van der Waals surface area (Å²) in [5.74, 6) is 0. The second-order valence-corrected chi connectivity index (χ2v) is 4.29. The molecule has 2 heteroatoms. The SMILES string of the molecule is CCCCCCC1N(CC)C=CN1CC. The lowest BCUT2D eigenvalue weighted by Gasteiger charge is -2.31. The van der Waals surface area contributed by atoms with Crippen LogP contribution < -0.4 is 0 Å². The van der Waals surface area contributed by atoms with Gasteiger partial charge in [-0.3, -0.25) is 0 Å². The Morgan fingerprint density at radius 3 is 1.93 bits per heavy atom. The average molecular weight is 210 g/mol. The Kier molecular flexibility index (Phi) is 5.59. The van der Waals surface area contributed by atoms with Gasteiger partial charge in [-0.15, -0.1) is 0 Å². The standard InChI is InChI=1S/C13H26N2/c1-4-7-8-9-10-13-14(5-2)11-12-15(13)6-3/h11-13H,4-10H2,1-3H3. The molecule has 0 bridgehead atoms. The summed E-state index contributed by atoms with van der Waals surface area (Å²) in [7, 11) is 0. The molecule has 0 aliphatic carbocycles. The van der Waals surface area contributed by atoms with Crippen LogP contribution in [-0.2, 0) is 0 Å². The molecule has 0 N–H and O–H groups in total. The molecule has 1 rings (SSSR count). The molecule has 0 saturated heterocycles. The number of hydrogen-bond donors (Lipinski definition) is 0. The van der Waals surface area contributed by atoms with Gasteiger partial charge in [0.2, 0.25) is 0 Å². The van der Waals surface area contributed by atoms with E-state index >= 15 is 0 Å². The van der Waals surface area contributed by atoms with Crippen molar-refractivity contribution in [3.8, 4) is 0 Å². The second-order valence-electron chi connectivity index (χ2n) is 4.29. The molecular formula is C13H26N2. The molecule has 1 heterocycles. The number of rotatable bonds is 7. The Labute approximate surface area is 94.9 Å². The fourth-order valence-corrected chi connectivity index (χ4v) is 2.28. The third-order valence-corrected chi connectivity index (χ3v) is 3.26. The van der Waals surface area contributed by atoms with Crippen molar-refractivity contribution in [1.29, 1.82) is 0 Å². The van der Waals surface area contributed by atoms with Crippen LogP contribution in [0, 0.1) is 0 Å². The van der Waals surface area contributed by atoms with Crippen LogP contribution in [-0.4, -0.2) is 29.1 Å². The lowest BCUT2D eigenvalue weighted by atomic mass is 10.1. The van der Waals surface area contributed by atoms with Gasteiger partial charge in [0, 0.05) is 25.5 Å². The van der Waals surface area contributed by atoms with Crippen LogP contribution in [0.15, 0.2) is 12.4 Å². The van der Waals surface area contributed by atoms with Crippen molar-refractivity contribution in [2.24, 2.45) is 0 Å². The van der Waals surface area contributed by atoms with Crippen LogP contribution in [0.5, 0.6) is 0 Å². The van der Waals surface area contributed by atoms with Gasteiger partial charge in [-0.1, -0.05) is 26.2 Å². The van der Waals surface area contributed by atoms with Crippen LogP contribution in [0.2, 0.25) is 0 Å². The van der Waals surface area contributed by atoms with Crippen LogP contribution in [0.3, 0.4) is 0 Å². The van der Waals surface area contributed by atoms with Crippen LogP contribution in [0.25, 0.3) is 0 Å². The lowest BCUT2D eigenvalue weighted by molar-refractivity contribution is 0.149. The molecule has 88 valence electrons. The van der Waals surface area contributed by atoms with Gasteiger partial charge >= 0.3 is 0 Å². The second kappa shape index (κ2) is 6.76. The molecule has 0 radical (unpaired) electrons. The Bertz CT molecular complexity index is 175. The first-order valence-corrected chi connectivity index (χ1v) is 6.53. The largest absolute Gasteiger partial charge is 0.356 e. The minimum atomic E-state index is 0.636. The summed E-state index contributed by atoms with van der Waals surface area (Å²) in [6.45, 7) is 9.01. The highest BCUT2D eigenvalue weighted by atomic mass is 15.4. The summed E-state index contributed by atoms with van der Waals surface area (Å²) in [5.41, 5.74) is 0. The van der Waals surface area contributed by atoms with E-state index in [0.717, 1.165) is 13.1 Å². The Morgan fingerprint density at radius 2 is 1.47 bits per heavy atom. The van der Waals surface area contributed by atoms with E-state index in [-0.39, 0.29) is 0 Å². The van der Waals surface area contributed by atoms with Gasteiger partial charge in [0.25, 0.3) is 0 Å². The lowest BCUT2D eigenvalue weighted by Crippen LogP contribution is -2.38. The molecule has 0 atom stereocenters. The van der Waals surface area contributed by atoms with Gasteiger partial charge < -0.3 is 9.80 Å². The predicted octanol–water partition coefficient (Wildman–Crippen LogP) is 3.41. The van der Waals surface area contributed by atoms with Crippen LogP contribution >= 0.6 is 0 Å². The third-order valence-electron chi connectivity index (χ3n) is 3.26. The molecule has 0 aromatic carbocycles. The van der Waals surface area contributed by atoms with Gasteiger partial charge in [-0.25, -0.2) is 0 Å². The summed E-state index contributed by atoms with van der Waals surface area (Å²) in [5, 5.41) is 0. The topological polar surface area (TPSA) is 6.48 Å². The van der Waals surface area contributed by atoms with Crippen molar-refractivity contribution in [2.45, 2.75) is 59.0 Å². The zero-order valence-corrected chi connectivity index (χ0v) is 10.6. The van der Waals surface area contributed by atoms with E-state index in [4.69, 9.17) is 0 Å². The Morgan fingerprint density at radius 1 is 0.867 bits per heavy atom. The third kappa shape index (κ3) is 3.44. The Balaban J connectivity index is 2.30. The van der Waals surface area contributed by atoms with Crippen molar-refractivity contribution in [1.82, 2.24) is 9.80 Å². The minimum absolute atomic E-state index is 0.636. The molecule has 0 aromatic rings. The fraction of sp³-hybridized carbons (Fsp3) is 0.846. The molecular weight excluding hydrogens is 184 g/mol. The van der Waals surface area contributed by atoms with Gasteiger partial charge in [0.15, 0.2) is 0 Å². The van der Waals surface area contributed by atoms with Crippen molar-refractivity contribution >= 4 is 0 Å². The maximum atomic E-state index is 2.45. The van der Waals surface area contributed by atoms with Gasteiger partial charge in [0.05, 0.1) is 0 Å². The van der Waals surface area contributed by atoms with E-state index in [1.807, 2.05) is 0 Å². The van der Waals surface area contributed by atoms with E-state index < -0.39 is 0 Å². The van der Waals surface area contributed by atoms with E-state index in [1.165, 1.54) is 32.1 Å². The highest BCUT2D eigenvalue weighted by Crippen LogP contribution is 2.20. The zero-order valence-electron chi connectivity index (χ0n) is 10.6. The number of nitrogens with zero attached hydrogens (tertiary/aromatic N) is 2. The summed E-state index contributed by atoms with van der Waals surface area (Å²) in [6, 6.07) is 0. The van der Waals surface area contributed by atoms with Crippen molar-refractivity contribution in [3.63, 3.8) is 0 Å². The molecule has 0 unspecified atom stereocenters. The summed E-state index contributed by atoms with van der Waals surface area (Å²) >= 11 is 0. The zero-order chi connectivity index (χ0) is 11.1. The van der Waals surface area contributed by atoms with E-state index in [9.17, 15) is 0 Å². The first-order valence-electron chi connectivity index (χ1n) is 6.53. The van der Waals surface area contributed by atoms with Crippen molar-refractivity contribution < 1.29 is 0 Å². The maximum Gasteiger partial charge on any atom is 0.101 e. The molecule has 15 heavy (non-hydrogen) atoms. The van der Waals surface area contributed by atoms with E-state index in [1.54, 1.807) is 0 Å². The fourth-order valence-electron chi connectivity index (χ4n) is 2.28. The number of unbranched alkanes of at least 4 members (excludes halogenated alkanes) is 3. The Hall–Kier alpha value is -0.660. The quantitative estimate of drug-likeness (QED) is 0.594. The van der Waals surface area contributed by atoms with E-state index in [0.29, 0.717) is 6.17 Å². The normalized spacial score (nSPS) is 16.7. The van der Waals surface area contributed by atoms with Gasteiger partial charge in [-0.2, -0.15) is 0 Å². The smallest absolute Gasteiger partial charge is 0.101 e. The summed E-state index contributed by atoms with van der Waals surface area (Å²) in [4.78, 5) is 4.91. The molecule has 0 spiro atoms. The molecule has 0 amide bonds. The summed E-state index contributed by atoms with van der Waals surface area (Å²) < 4.78 is 0. The molecule has 1 aliphatic heterocycles. The first kappa shape index (κ1) is 12.4. The van der Waals surface area contributed by atoms with Gasteiger partial charge in [-0.05, 0) is 26.7 Å². The molecule has 0 saturated carbocycles. The number of hydrogen-bond acceptors (Lipinski definition) is 2. The highest BCUT2D eigenvalue weighted by molar-refractivity contribution is 4.95. The van der Waals surface area contributed by atoms with Crippen molar-refractivity contribution in [2.75, 3.05) is 13.1 Å². The molecule has 2 nitrogen and oxygen atoms in total. The molecule has 1 aliphatic rings. The maximum absolute atomic E-state index is 2.45. The summed E-state index contributed by atoms with van der Waals surface area (Å²) in [6.07, 6.45) is 11.9. The average Bonchev–Trinajstić information content (AvgIpc) is 2.66. The first-order chi connectivity index (χ1) is 7.33. The van der Waals surface area contributed by atoms with Gasteiger partial charge in [0.1, 0.15) is 6.17 Å². The molecule has 0 fully saturated rings. The minimum Gasteiger partial charge on any atom is -0.356 e. The van der Waals surface area contributed by atoms with Crippen LogP contribution in [0.1, 0.15) is 52.9 Å².